The SMILES string of the molecule is c1ccc(-n2c3ccccc3c3ccc4c5ccccc5n(-c5nc(-c6ccc7c(c6)oc6ccccc67)nc(-c6nc7ccccc7o6)n5)c4c32)cc1. The van der Waals surface area contributed by atoms with Crippen molar-refractivity contribution in [2.24, 2.45) is 0 Å². The van der Waals surface area contributed by atoms with Gasteiger partial charge in [0.2, 0.25) is 11.8 Å². The maximum Gasteiger partial charge on any atom is 0.266 e. The highest BCUT2D eigenvalue weighted by Gasteiger charge is 2.24. The van der Waals surface area contributed by atoms with Crippen LogP contribution in [-0.4, -0.2) is 29.1 Å². The Hall–Kier alpha value is -7.58. The van der Waals surface area contributed by atoms with E-state index in [4.69, 9.17) is 28.8 Å². The Bertz CT molecular complexity index is 3430. The molecule has 12 rings (SSSR count). The lowest BCUT2D eigenvalue weighted by molar-refractivity contribution is 0.612. The Morgan fingerprint density at radius 1 is 0.389 bits per heavy atom. The lowest BCUT2D eigenvalue weighted by atomic mass is 10.1. The molecule has 0 saturated heterocycles. The van der Waals surface area contributed by atoms with Gasteiger partial charge in [-0.15, -0.1) is 0 Å². The molecular formula is C46H26N6O2. The van der Waals surface area contributed by atoms with Crippen LogP contribution in [0.2, 0.25) is 0 Å². The summed E-state index contributed by atoms with van der Waals surface area (Å²) >= 11 is 0. The van der Waals surface area contributed by atoms with Crippen LogP contribution in [0.5, 0.6) is 0 Å². The fraction of sp³-hybridized carbons (Fsp3) is 0. The van der Waals surface area contributed by atoms with E-state index in [2.05, 4.69) is 106 Å². The van der Waals surface area contributed by atoms with Crippen molar-refractivity contribution >= 4 is 76.6 Å². The highest BCUT2D eigenvalue weighted by molar-refractivity contribution is 6.23. The van der Waals surface area contributed by atoms with E-state index < -0.39 is 0 Å². The van der Waals surface area contributed by atoms with Crippen molar-refractivity contribution in [2.75, 3.05) is 0 Å². The third kappa shape index (κ3) is 4.13. The largest absolute Gasteiger partial charge is 0.456 e. The van der Waals surface area contributed by atoms with Crippen LogP contribution in [0.3, 0.4) is 0 Å². The Balaban J connectivity index is 1.21. The van der Waals surface area contributed by atoms with Gasteiger partial charge in [-0.25, -0.2) is 9.97 Å². The molecule has 12 aromatic rings. The van der Waals surface area contributed by atoms with Crippen molar-refractivity contribution in [1.82, 2.24) is 29.1 Å². The van der Waals surface area contributed by atoms with Crippen LogP contribution >= 0.6 is 0 Å². The number of furan rings is 1. The van der Waals surface area contributed by atoms with Crippen LogP contribution in [0.4, 0.5) is 0 Å². The molecule has 0 unspecified atom stereocenters. The average molecular weight is 695 g/mol. The average Bonchev–Trinajstić information content (AvgIpc) is 4.00. The van der Waals surface area contributed by atoms with E-state index >= 15 is 0 Å². The van der Waals surface area contributed by atoms with Crippen molar-refractivity contribution in [3.8, 4) is 34.7 Å². The highest BCUT2D eigenvalue weighted by atomic mass is 16.3. The topological polar surface area (TPSA) is 87.7 Å². The van der Waals surface area contributed by atoms with Crippen molar-refractivity contribution < 1.29 is 8.83 Å². The van der Waals surface area contributed by atoms with Crippen molar-refractivity contribution in [1.29, 1.82) is 0 Å². The smallest absolute Gasteiger partial charge is 0.266 e. The normalized spacial score (nSPS) is 12.1. The number of aromatic nitrogens is 6. The summed E-state index contributed by atoms with van der Waals surface area (Å²) in [5.41, 5.74) is 8.95. The van der Waals surface area contributed by atoms with E-state index in [0.29, 0.717) is 29.1 Å². The summed E-state index contributed by atoms with van der Waals surface area (Å²) in [6, 6.07) is 53.8. The predicted octanol–water partition coefficient (Wildman–Crippen LogP) is 11.4. The highest BCUT2D eigenvalue weighted by Crippen LogP contribution is 2.42. The number of rotatable bonds is 4. The third-order valence-electron chi connectivity index (χ3n) is 10.4. The number of fused-ring (bicyclic) bond motifs is 11. The molecule has 0 N–H and O–H groups in total. The second-order valence-electron chi connectivity index (χ2n) is 13.5. The van der Waals surface area contributed by atoms with E-state index in [9.17, 15) is 0 Å². The lowest BCUT2D eigenvalue weighted by Crippen LogP contribution is -2.07. The summed E-state index contributed by atoms with van der Waals surface area (Å²) in [7, 11) is 0. The van der Waals surface area contributed by atoms with Gasteiger partial charge in [0.05, 0.1) is 22.1 Å². The summed E-state index contributed by atoms with van der Waals surface area (Å²) < 4.78 is 17.1. The monoisotopic (exact) mass is 694 g/mol. The Morgan fingerprint density at radius 3 is 1.76 bits per heavy atom. The number of hydrogen-bond acceptors (Lipinski definition) is 6. The fourth-order valence-corrected chi connectivity index (χ4v) is 8.08. The number of para-hydroxylation sites is 6. The first kappa shape index (κ1) is 29.0. The van der Waals surface area contributed by atoms with Gasteiger partial charge in [-0.2, -0.15) is 9.97 Å². The number of oxazole rings is 1. The zero-order valence-electron chi connectivity index (χ0n) is 28.5. The molecule has 0 radical (unpaired) electrons. The quantitative estimate of drug-likeness (QED) is 0.182. The van der Waals surface area contributed by atoms with Crippen LogP contribution in [0.1, 0.15) is 0 Å². The van der Waals surface area contributed by atoms with Crippen molar-refractivity contribution in [2.45, 2.75) is 0 Å². The van der Waals surface area contributed by atoms with Gasteiger partial charge < -0.3 is 13.4 Å². The molecule has 0 aliphatic carbocycles. The van der Waals surface area contributed by atoms with Crippen LogP contribution in [-0.2, 0) is 0 Å². The van der Waals surface area contributed by atoms with Gasteiger partial charge in [-0.05, 0) is 54.6 Å². The summed E-state index contributed by atoms with van der Waals surface area (Å²) in [6.45, 7) is 0. The molecule has 5 heterocycles. The van der Waals surface area contributed by atoms with Crippen LogP contribution in [0, 0.1) is 0 Å². The second-order valence-corrected chi connectivity index (χ2v) is 13.5. The summed E-state index contributed by atoms with van der Waals surface area (Å²) in [4.78, 5) is 20.3. The molecule has 0 bridgehead atoms. The van der Waals surface area contributed by atoms with Gasteiger partial charge in [-0.1, -0.05) is 103 Å². The molecule has 0 amide bonds. The summed E-state index contributed by atoms with van der Waals surface area (Å²) in [5.74, 6) is 1.57. The molecule has 0 saturated carbocycles. The number of nitrogens with zero attached hydrogens (tertiary/aromatic N) is 6. The van der Waals surface area contributed by atoms with Crippen molar-refractivity contribution in [3.63, 3.8) is 0 Å². The van der Waals surface area contributed by atoms with Gasteiger partial charge in [0.25, 0.3) is 5.89 Å². The Morgan fingerprint density at radius 2 is 0.981 bits per heavy atom. The van der Waals surface area contributed by atoms with Gasteiger partial charge in [0, 0.05) is 43.6 Å². The minimum Gasteiger partial charge on any atom is -0.456 e. The molecule has 8 nitrogen and oxygen atoms in total. The van der Waals surface area contributed by atoms with Crippen LogP contribution in [0.15, 0.2) is 167 Å². The van der Waals surface area contributed by atoms with Crippen molar-refractivity contribution in [3.05, 3.63) is 158 Å². The molecule has 0 aliphatic rings. The molecule has 0 atom stereocenters. The van der Waals surface area contributed by atoms with Crippen LogP contribution in [0.25, 0.3) is 111 Å². The molecule has 8 heteroatoms. The number of benzene rings is 7. The number of hydrogen-bond donors (Lipinski definition) is 0. The first-order chi connectivity index (χ1) is 26.8. The molecule has 5 aromatic heterocycles. The molecule has 0 spiro atoms. The van der Waals surface area contributed by atoms with Gasteiger partial charge >= 0.3 is 0 Å². The predicted molar refractivity (Wildman–Crippen MR) is 214 cm³/mol. The molecule has 0 aliphatic heterocycles. The molecular weight excluding hydrogens is 669 g/mol. The fourth-order valence-electron chi connectivity index (χ4n) is 8.08. The zero-order valence-corrected chi connectivity index (χ0v) is 28.5. The van der Waals surface area contributed by atoms with E-state index in [1.54, 1.807) is 0 Å². The van der Waals surface area contributed by atoms with Gasteiger partial charge in [0.15, 0.2) is 11.4 Å². The second kappa shape index (κ2) is 11.0. The minimum atomic E-state index is 0.315. The van der Waals surface area contributed by atoms with E-state index in [1.165, 1.54) is 0 Å². The Kier molecular flexibility index (Phi) is 5.90. The van der Waals surface area contributed by atoms with Crippen LogP contribution < -0.4 is 0 Å². The minimum absolute atomic E-state index is 0.315. The van der Waals surface area contributed by atoms with E-state index in [-0.39, 0.29) is 0 Å². The lowest BCUT2D eigenvalue weighted by Gasteiger charge is -2.12. The van der Waals surface area contributed by atoms with E-state index in [1.807, 2.05) is 60.7 Å². The maximum atomic E-state index is 6.31. The first-order valence-corrected chi connectivity index (χ1v) is 17.8. The molecule has 7 aromatic carbocycles. The zero-order chi connectivity index (χ0) is 35.3. The summed E-state index contributed by atoms with van der Waals surface area (Å²) in [5, 5.41) is 6.57. The standard InChI is InChI=1S/C46H26N6O2/c1-2-12-28(13-3-1)51-36-18-8-4-14-29(36)33-24-25-34-30-15-5-9-19-37(30)52(42(34)41(33)51)46-49-43(48-44(50-46)45-47-35-17-7-11-21-39(35)54-45)27-22-23-32-31-16-6-10-20-38(31)53-40(32)26-27/h1-26H. The first-order valence-electron chi connectivity index (χ1n) is 17.8. The van der Waals surface area contributed by atoms with E-state index in [0.717, 1.165) is 82.3 Å². The summed E-state index contributed by atoms with van der Waals surface area (Å²) in [6.07, 6.45) is 0. The third-order valence-corrected chi connectivity index (χ3v) is 10.4. The molecule has 0 fully saturated rings. The van der Waals surface area contributed by atoms with Gasteiger partial charge in [-0.3, -0.25) is 4.57 Å². The van der Waals surface area contributed by atoms with Gasteiger partial charge in [0.1, 0.15) is 16.7 Å². The Labute approximate surface area is 306 Å². The maximum absolute atomic E-state index is 6.31. The molecule has 54 heavy (non-hydrogen) atoms. The molecule has 252 valence electrons.